The summed E-state index contributed by atoms with van der Waals surface area (Å²) in [5.74, 6) is 0.184. The van der Waals surface area contributed by atoms with Crippen LogP contribution >= 0.6 is 0 Å². The topological polar surface area (TPSA) is 69.7 Å². The van der Waals surface area contributed by atoms with E-state index in [1.807, 2.05) is 6.92 Å². The van der Waals surface area contributed by atoms with Gasteiger partial charge in [-0.3, -0.25) is 0 Å². The lowest BCUT2D eigenvalue weighted by atomic mass is 9.97. The summed E-state index contributed by atoms with van der Waals surface area (Å²) in [5, 5.41) is 2.89. The molecule has 1 aliphatic rings. The van der Waals surface area contributed by atoms with Gasteiger partial charge in [-0.2, -0.15) is 4.31 Å². The van der Waals surface area contributed by atoms with Crippen LogP contribution in [0.25, 0.3) is 0 Å². The van der Waals surface area contributed by atoms with E-state index in [0.29, 0.717) is 39.1 Å². The molecule has 1 fully saturated rings. The summed E-state index contributed by atoms with van der Waals surface area (Å²) in [6.45, 7) is 10.3. The SMILES string of the molecule is CCCS(=O)(=O)N1CCN(C(=O)NCC(C)(C)C)CC1. The van der Waals surface area contributed by atoms with Gasteiger partial charge in [0.15, 0.2) is 0 Å². The van der Waals surface area contributed by atoms with Crippen molar-refractivity contribution < 1.29 is 13.2 Å². The van der Waals surface area contributed by atoms with Crippen molar-refractivity contribution in [1.82, 2.24) is 14.5 Å². The summed E-state index contributed by atoms with van der Waals surface area (Å²) >= 11 is 0. The van der Waals surface area contributed by atoms with Gasteiger partial charge in [0.2, 0.25) is 10.0 Å². The maximum atomic E-state index is 12.0. The third-order valence-electron chi connectivity index (χ3n) is 3.15. The quantitative estimate of drug-likeness (QED) is 0.845. The van der Waals surface area contributed by atoms with Gasteiger partial charge in [0.1, 0.15) is 0 Å². The Morgan fingerprint density at radius 1 is 1.15 bits per heavy atom. The first-order chi connectivity index (χ1) is 9.15. The Kier molecular flexibility index (Phi) is 5.82. The van der Waals surface area contributed by atoms with Crippen LogP contribution in [0.2, 0.25) is 0 Å². The van der Waals surface area contributed by atoms with Crippen molar-refractivity contribution in [3.63, 3.8) is 0 Å². The molecule has 1 heterocycles. The van der Waals surface area contributed by atoms with Crippen LogP contribution in [-0.4, -0.2) is 62.1 Å². The number of sulfonamides is 1. The number of nitrogens with one attached hydrogen (secondary N) is 1. The number of piperazine rings is 1. The fourth-order valence-electron chi connectivity index (χ4n) is 2.01. The molecule has 1 N–H and O–H groups in total. The second-order valence-electron chi connectivity index (χ2n) is 6.42. The van der Waals surface area contributed by atoms with Crippen molar-refractivity contribution in [3.8, 4) is 0 Å². The van der Waals surface area contributed by atoms with Crippen molar-refractivity contribution in [1.29, 1.82) is 0 Å². The van der Waals surface area contributed by atoms with Crippen LogP contribution in [0.4, 0.5) is 4.79 Å². The Labute approximate surface area is 122 Å². The predicted octanol–water partition coefficient (Wildman–Crippen LogP) is 1.10. The smallest absolute Gasteiger partial charge is 0.317 e. The van der Waals surface area contributed by atoms with Crippen molar-refractivity contribution in [2.45, 2.75) is 34.1 Å². The number of hydrogen-bond acceptors (Lipinski definition) is 3. The van der Waals surface area contributed by atoms with Crippen LogP contribution < -0.4 is 5.32 Å². The normalized spacial score (nSPS) is 18.1. The van der Waals surface area contributed by atoms with E-state index >= 15 is 0 Å². The molecule has 118 valence electrons. The molecule has 0 radical (unpaired) electrons. The number of nitrogens with zero attached hydrogens (tertiary/aromatic N) is 2. The van der Waals surface area contributed by atoms with Crippen molar-refractivity contribution in [3.05, 3.63) is 0 Å². The number of rotatable bonds is 4. The Hall–Kier alpha value is -0.820. The molecule has 6 nitrogen and oxygen atoms in total. The van der Waals surface area contributed by atoms with Crippen LogP contribution in [0.5, 0.6) is 0 Å². The summed E-state index contributed by atoms with van der Waals surface area (Å²) in [5.41, 5.74) is 0.0436. The van der Waals surface area contributed by atoms with Gasteiger partial charge >= 0.3 is 6.03 Å². The third kappa shape index (κ3) is 5.28. The van der Waals surface area contributed by atoms with E-state index in [1.54, 1.807) is 4.90 Å². The molecule has 0 aromatic rings. The van der Waals surface area contributed by atoms with Crippen molar-refractivity contribution >= 4 is 16.1 Å². The van der Waals surface area contributed by atoms with Gasteiger partial charge in [-0.15, -0.1) is 0 Å². The fourth-order valence-corrected chi connectivity index (χ4v) is 3.50. The van der Waals surface area contributed by atoms with Crippen LogP contribution in [0.3, 0.4) is 0 Å². The zero-order valence-electron chi connectivity index (χ0n) is 13.0. The number of carbonyl (C=O) groups is 1. The van der Waals surface area contributed by atoms with E-state index in [1.165, 1.54) is 4.31 Å². The minimum Gasteiger partial charge on any atom is -0.337 e. The Bertz CT molecular complexity index is 421. The molecule has 20 heavy (non-hydrogen) atoms. The average molecular weight is 305 g/mol. The van der Waals surface area contributed by atoms with Gasteiger partial charge in [0, 0.05) is 32.7 Å². The van der Waals surface area contributed by atoms with Crippen molar-refractivity contribution in [2.24, 2.45) is 5.41 Å². The Morgan fingerprint density at radius 2 is 1.70 bits per heavy atom. The lowest BCUT2D eigenvalue weighted by Crippen LogP contribution is -2.54. The molecule has 0 aliphatic carbocycles. The van der Waals surface area contributed by atoms with E-state index in [2.05, 4.69) is 26.1 Å². The monoisotopic (exact) mass is 305 g/mol. The minimum absolute atomic E-state index is 0.0436. The zero-order valence-corrected chi connectivity index (χ0v) is 13.8. The van der Waals surface area contributed by atoms with Crippen LogP contribution in [-0.2, 0) is 10.0 Å². The molecule has 7 heteroatoms. The average Bonchev–Trinajstić information content (AvgIpc) is 2.35. The van der Waals surface area contributed by atoms with Crippen LogP contribution in [0.1, 0.15) is 34.1 Å². The third-order valence-corrected chi connectivity index (χ3v) is 5.23. The molecule has 1 rings (SSSR count). The van der Waals surface area contributed by atoms with Crippen molar-refractivity contribution in [2.75, 3.05) is 38.5 Å². The fraction of sp³-hybridized carbons (Fsp3) is 0.923. The van der Waals surface area contributed by atoms with E-state index in [0.717, 1.165) is 0 Å². The molecule has 0 saturated carbocycles. The van der Waals surface area contributed by atoms with E-state index in [-0.39, 0.29) is 17.2 Å². The molecule has 1 aliphatic heterocycles. The van der Waals surface area contributed by atoms with E-state index in [9.17, 15) is 13.2 Å². The summed E-state index contributed by atoms with van der Waals surface area (Å²) in [6, 6.07) is -0.104. The highest BCUT2D eigenvalue weighted by Gasteiger charge is 2.28. The maximum Gasteiger partial charge on any atom is 0.317 e. The first kappa shape index (κ1) is 17.2. The highest BCUT2D eigenvalue weighted by Crippen LogP contribution is 2.12. The predicted molar refractivity (Wildman–Crippen MR) is 80.1 cm³/mol. The molecule has 0 unspecified atom stereocenters. The van der Waals surface area contributed by atoms with Gasteiger partial charge in [0.25, 0.3) is 0 Å². The summed E-state index contributed by atoms with van der Waals surface area (Å²) in [6.07, 6.45) is 0.620. The number of carbonyl (C=O) groups excluding carboxylic acids is 1. The highest BCUT2D eigenvalue weighted by molar-refractivity contribution is 7.89. The van der Waals surface area contributed by atoms with E-state index in [4.69, 9.17) is 0 Å². The summed E-state index contributed by atoms with van der Waals surface area (Å²) in [4.78, 5) is 13.7. The second kappa shape index (κ2) is 6.76. The molecular formula is C13H27N3O3S. The lowest BCUT2D eigenvalue weighted by molar-refractivity contribution is 0.169. The highest BCUT2D eigenvalue weighted by atomic mass is 32.2. The second-order valence-corrected chi connectivity index (χ2v) is 8.51. The molecule has 1 saturated heterocycles. The first-order valence-corrected chi connectivity index (χ1v) is 8.77. The first-order valence-electron chi connectivity index (χ1n) is 7.16. The molecule has 0 aromatic heterocycles. The van der Waals surface area contributed by atoms with Gasteiger partial charge < -0.3 is 10.2 Å². The molecule has 0 atom stereocenters. The summed E-state index contributed by atoms with van der Waals surface area (Å²) < 4.78 is 25.3. The minimum atomic E-state index is -3.14. The molecule has 0 aromatic carbocycles. The number of urea groups is 1. The molecule has 0 spiro atoms. The molecule has 0 bridgehead atoms. The lowest BCUT2D eigenvalue weighted by Gasteiger charge is -2.34. The van der Waals surface area contributed by atoms with Gasteiger partial charge in [-0.05, 0) is 11.8 Å². The van der Waals surface area contributed by atoms with Gasteiger partial charge in [0.05, 0.1) is 5.75 Å². The summed E-state index contributed by atoms with van der Waals surface area (Å²) in [7, 11) is -3.14. The zero-order chi connectivity index (χ0) is 15.4. The largest absolute Gasteiger partial charge is 0.337 e. The molecular weight excluding hydrogens is 278 g/mol. The van der Waals surface area contributed by atoms with Gasteiger partial charge in [-0.25, -0.2) is 13.2 Å². The van der Waals surface area contributed by atoms with Crippen LogP contribution in [0, 0.1) is 5.41 Å². The number of amides is 2. The standard InChI is InChI=1S/C13H27N3O3S/c1-5-10-20(18,19)16-8-6-15(7-9-16)12(17)14-11-13(2,3)4/h5-11H2,1-4H3,(H,14,17). The Balaban J connectivity index is 2.44. The van der Waals surface area contributed by atoms with Crippen LogP contribution in [0.15, 0.2) is 0 Å². The molecule has 2 amide bonds. The Morgan fingerprint density at radius 3 is 2.15 bits per heavy atom. The van der Waals surface area contributed by atoms with Gasteiger partial charge in [-0.1, -0.05) is 27.7 Å². The number of hydrogen-bond donors (Lipinski definition) is 1. The maximum absolute atomic E-state index is 12.0. The van der Waals surface area contributed by atoms with E-state index < -0.39 is 10.0 Å².